The van der Waals surface area contributed by atoms with Crippen LogP contribution >= 0.6 is 11.6 Å². The van der Waals surface area contributed by atoms with Gasteiger partial charge in [-0.2, -0.15) is 5.26 Å². The van der Waals surface area contributed by atoms with E-state index in [1.165, 1.54) is 11.1 Å². The van der Waals surface area contributed by atoms with Crippen molar-refractivity contribution < 1.29 is 4.79 Å². The van der Waals surface area contributed by atoms with Crippen molar-refractivity contribution in [3.63, 3.8) is 0 Å². The van der Waals surface area contributed by atoms with E-state index < -0.39 is 0 Å². The maximum atomic E-state index is 12.8. The lowest BCUT2D eigenvalue weighted by molar-refractivity contribution is -0.123. The second-order valence-electron chi connectivity index (χ2n) is 9.27. The van der Waals surface area contributed by atoms with Crippen molar-refractivity contribution in [3.05, 3.63) is 70.2 Å². The van der Waals surface area contributed by atoms with Gasteiger partial charge in [-0.1, -0.05) is 61.8 Å². The van der Waals surface area contributed by atoms with E-state index >= 15 is 0 Å². The fourth-order valence-corrected chi connectivity index (χ4v) is 4.97. The lowest BCUT2D eigenvalue weighted by Crippen LogP contribution is -2.43. The van der Waals surface area contributed by atoms with Gasteiger partial charge in [0.25, 0.3) is 0 Å². The van der Waals surface area contributed by atoms with Gasteiger partial charge in [-0.25, -0.2) is 0 Å². The van der Waals surface area contributed by atoms with Crippen LogP contribution in [0.15, 0.2) is 48.5 Å². The summed E-state index contributed by atoms with van der Waals surface area (Å²) >= 11 is 6.00. The van der Waals surface area contributed by atoms with Crippen LogP contribution in [0.2, 0.25) is 5.02 Å². The number of hydrogen-bond acceptors (Lipinski definition) is 3. The number of carbonyl (C=O) groups excluding carboxylic acids is 1. The number of halogens is 1. The molecule has 0 spiro atoms. The fourth-order valence-electron chi connectivity index (χ4n) is 4.84. The van der Waals surface area contributed by atoms with Crippen LogP contribution in [0.4, 0.5) is 0 Å². The Labute approximate surface area is 197 Å². The second-order valence-corrected chi connectivity index (χ2v) is 9.70. The number of aryl methyl sites for hydroxylation is 1. The van der Waals surface area contributed by atoms with E-state index in [1.807, 2.05) is 36.4 Å². The normalized spacial score (nSPS) is 17.0. The number of nitrogens with one attached hydrogen (secondary N) is 1. The standard InChI is InChI=1S/C27H34ClN3O/c1-20(2)25(22-9-11-23(28)12-10-22)26(32)30-15-6-16-31-17-13-27(19-29,14-18-31)24-8-5-4-7-21(24)3/h4-5,7-12,20,25H,6,13-18H2,1-3H3,(H,30,32). The average Bonchev–Trinajstić information content (AvgIpc) is 2.79. The molecule has 1 atom stereocenters. The number of nitriles is 1. The van der Waals surface area contributed by atoms with Crippen molar-refractivity contribution in [3.8, 4) is 6.07 Å². The number of amides is 1. The molecule has 0 bridgehead atoms. The summed E-state index contributed by atoms with van der Waals surface area (Å²) in [6.45, 7) is 9.66. The zero-order chi connectivity index (χ0) is 23.1. The molecule has 1 heterocycles. The van der Waals surface area contributed by atoms with Gasteiger partial charge in [-0.05, 0) is 80.6 Å². The summed E-state index contributed by atoms with van der Waals surface area (Å²) in [6, 6.07) is 18.5. The van der Waals surface area contributed by atoms with E-state index in [0.29, 0.717) is 11.6 Å². The molecule has 2 aromatic rings. The van der Waals surface area contributed by atoms with Crippen LogP contribution < -0.4 is 5.32 Å². The molecule has 32 heavy (non-hydrogen) atoms. The molecule has 1 aliphatic heterocycles. The molecule has 1 N–H and O–H groups in total. The summed E-state index contributed by atoms with van der Waals surface area (Å²) in [4.78, 5) is 15.3. The van der Waals surface area contributed by atoms with Gasteiger partial charge in [-0.15, -0.1) is 0 Å². The maximum Gasteiger partial charge on any atom is 0.227 e. The average molecular weight is 452 g/mol. The first-order valence-electron chi connectivity index (χ1n) is 11.6. The quantitative estimate of drug-likeness (QED) is 0.543. The highest BCUT2D eigenvalue weighted by Crippen LogP contribution is 2.36. The Hall–Kier alpha value is -2.35. The van der Waals surface area contributed by atoms with Gasteiger partial charge in [0.15, 0.2) is 0 Å². The monoisotopic (exact) mass is 451 g/mol. The van der Waals surface area contributed by atoms with Crippen LogP contribution in [0.5, 0.6) is 0 Å². The first-order valence-corrected chi connectivity index (χ1v) is 12.0. The molecular formula is C27H34ClN3O. The fraction of sp³-hybridized carbons (Fsp3) is 0.481. The number of piperidine rings is 1. The van der Waals surface area contributed by atoms with E-state index in [9.17, 15) is 10.1 Å². The zero-order valence-corrected chi connectivity index (χ0v) is 20.2. The molecule has 1 aliphatic rings. The predicted molar refractivity (Wildman–Crippen MR) is 131 cm³/mol. The highest BCUT2D eigenvalue weighted by molar-refractivity contribution is 6.30. The molecule has 1 fully saturated rings. The second kappa shape index (κ2) is 11.0. The third kappa shape index (κ3) is 5.71. The Balaban J connectivity index is 1.47. The Bertz CT molecular complexity index is 940. The first-order chi connectivity index (χ1) is 15.4. The third-order valence-corrected chi connectivity index (χ3v) is 6.96. The van der Waals surface area contributed by atoms with E-state index in [4.69, 9.17) is 11.6 Å². The van der Waals surface area contributed by atoms with Crippen molar-refractivity contribution >= 4 is 17.5 Å². The van der Waals surface area contributed by atoms with Gasteiger partial charge >= 0.3 is 0 Å². The Morgan fingerprint density at radius 2 is 1.81 bits per heavy atom. The van der Waals surface area contributed by atoms with Gasteiger partial charge in [-0.3, -0.25) is 4.79 Å². The number of rotatable bonds is 8. The minimum Gasteiger partial charge on any atom is -0.356 e. The van der Waals surface area contributed by atoms with Crippen molar-refractivity contribution in [1.29, 1.82) is 5.26 Å². The molecule has 0 aromatic heterocycles. The highest BCUT2D eigenvalue weighted by atomic mass is 35.5. The molecule has 2 aromatic carbocycles. The van der Waals surface area contributed by atoms with Gasteiger partial charge < -0.3 is 10.2 Å². The molecular weight excluding hydrogens is 418 g/mol. The van der Waals surface area contributed by atoms with E-state index in [1.54, 1.807) is 0 Å². The number of nitrogens with zero attached hydrogens (tertiary/aromatic N) is 2. The lowest BCUT2D eigenvalue weighted by Gasteiger charge is -2.38. The van der Waals surface area contributed by atoms with Gasteiger partial charge in [0.05, 0.1) is 17.4 Å². The molecule has 3 rings (SSSR count). The molecule has 1 saturated heterocycles. The van der Waals surface area contributed by atoms with Crippen LogP contribution in [0, 0.1) is 24.2 Å². The van der Waals surface area contributed by atoms with E-state index in [0.717, 1.165) is 44.5 Å². The Morgan fingerprint density at radius 3 is 2.41 bits per heavy atom. The predicted octanol–water partition coefficient (Wildman–Crippen LogP) is 5.45. The molecule has 4 nitrogen and oxygen atoms in total. The van der Waals surface area contributed by atoms with Gasteiger partial charge in [0, 0.05) is 11.6 Å². The molecule has 0 saturated carbocycles. The van der Waals surface area contributed by atoms with Crippen molar-refractivity contribution in [2.45, 2.75) is 51.4 Å². The van der Waals surface area contributed by atoms with Crippen molar-refractivity contribution in [2.24, 2.45) is 5.92 Å². The molecule has 0 radical (unpaired) electrons. The number of benzene rings is 2. The summed E-state index contributed by atoms with van der Waals surface area (Å²) in [5, 5.41) is 13.8. The summed E-state index contributed by atoms with van der Waals surface area (Å²) in [5.74, 6) is 0.107. The van der Waals surface area contributed by atoms with Crippen LogP contribution in [0.3, 0.4) is 0 Å². The summed E-state index contributed by atoms with van der Waals surface area (Å²) < 4.78 is 0. The number of hydrogen-bond donors (Lipinski definition) is 1. The summed E-state index contributed by atoms with van der Waals surface area (Å²) in [7, 11) is 0. The first kappa shape index (κ1) is 24.3. The lowest BCUT2D eigenvalue weighted by atomic mass is 9.72. The number of likely N-dealkylation sites (tertiary alicyclic amines) is 1. The van der Waals surface area contributed by atoms with Crippen molar-refractivity contribution in [1.82, 2.24) is 10.2 Å². The van der Waals surface area contributed by atoms with E-state index in [-0.39, 0.29) is 23.2 Å². The minimum absolute atomic E-state index is 0.0732. The van der Waals surface area contributed by atoms with Crippen molar-refractivity contribution in [2.75, 3.05) is 26.2 Å². The smallest absolute Gasteiger partial charge is 0.227 e. The highest BCUT2D eigenvalue weighted by Gasteiger charge is 2.37. The SMILES string of the molecule is Cc1ccccc1C1(C#N)CCN(CCCNC(=O)C(c2ccc(Cl)cc2)C(C)C)CC1. The minimum atomic E-state index is -0.376. The molecule has 170 valence electrons. The Kier molecular flexibility index (Phi) is 8.34. The van der Waals surface area contributed by atoms with Crippen LogP contribution in [0.1, 0.15) is 55.7 Å². The molecule has 5 heteroatoms. The summed E-state index contributed by atoms with van der Waals surface area (Å²) in [5.41, 5.74) is 3.00. The molecule has 1 amide bonds. The van der Waals surface area contributed by atoms with Crippen LogP contribution in [-0.2, 0) is 10.2 Å². The topological polar surface area (TPSA) is 56.1 Å². The van der Waals surface area contributed by atoms with Crippen LogP contribution in [-0.4, -0.2) is 37.0 Å². The maximum absolute atomic E-state index is 12.8. The van der Waals surface area contributed by atoms with Crippen LogP contribution in [0.25, 0.3) is 0 Å². The number of carbonyl (C=O) groups is 1. The third-order valence-electron chi connectivity index (χ3n) is 6.71. The Morgan fingerprint density at radius 1 is 1.16 bits per heavy atom. The van der Waals surface area contributed by atoms with Gasteiger partial charge in [0.1, 0.15) is 0 Å². The largest absolute Gasteiger partial charge is 0.356 e. The van der Waals surface area contributed by atoms with Gasteiger partial charge in [0.2, 0.25) is 5.91 Å². The molecule has 1 unspecified atom stereocenters. The van der Waals surface area contributed by atoms with E-state index in [2.05, 4.69) is 49.2 Å². The molecule has 0 aliphatic carbocycles. The zero-order valence-electron chi connectivity index (χ0n) is 19.4. The summed E-state index contributed by atoms with van der Waals surface area (Å²) in [6.07, 6.45) is 2.61.